The van der Waals surface area contributed by atoms with Crippen LogP contribution in [-0.4, -0.2) is 26.4 Å². The number of benzene rings is 1. The van der Waals surface area contributed by atoms with Gasteiger partial charge in [0.2, 0.25) is 0 Å². The Morgan fingerprint density at radius 2 is 1.00 bits per heavy atom. The molecule has 0 radical (unpaired) electrons. The van der Waals surface area contributed by atoms with E-state index < -0.39 is 15.2 Å². The van der Waals surface area contributed by atoms with Gasteiger partial charge in [-0.2, -0.15) is 0 Å². The average molecular weight is 398 g/mol. The van der Waals surface area contributed by atoms with E-state index in [4.69, 9.17) is 18.1 Å². The Morgan fingerprint density at radius 3 is 1.27 bits per heavy atom. The van der Waals surface area contributed by atoms with E-state index in [2.05, 4.69) is 23.2 Å². The zero-order chi connectivity index (χ0) is 19.5. The summed E-state index contributed by atoms with van der Waals surface area (Å²) in [4.78, 5) is 0. The fourth-order valence-electron chi connectivity index (χ4n) is 1.84. The smallest absolute Gasteiger partial charge is 0.300 e. The van der Waals surface area contributed by atoms with E-state index in [0.29, 0.717) is 11.1 Å². The van der Waals surface area contributed by atoms with Gasteiger partial charge in [0.05, 0.1) is 26.4 Å². The van der Waals surface area contributed by atoms with Gasteiger partial charge in [-0.15, -0.1) is 0 Å². The molecule has 142 valence electrons. The van der Waals surface area contributed by atoms with Crippen LogP contribution in [0.4, 0.5) is 0 Å². The van der Waals surface area contributed by atoms with Crippen molar-refractivity contribution in [1.82, 2.24) is 0 Å². The van der Waals surface area contributed by atoms with Gasteiger partial charge in [0, 0.05) is 22.4 Å². The molecular formula is C18H24O6P2. The van der Waals surface area contributed by atoms with Crippen LogP contribution in [0.1, 0.15) is 38.8 Å². The molecule has 0 aliphatic rings. The monoisotopic (exact) mass is 398 g/mol. The van der Waals surface area contributed by atoms with Crippen molar-refractivity contribution in [3.63, 3.8) is 0 Å². The van der Waals surface area contributed by atoms with Gasteiger partial charge in [-0.1, -0.05) is 24.0 Å². The Balaban J connectivity index is 3.22. The molecule has 0 atom stereocenters. The molecule has 0 fully saturated rings. The molecule has 26 heavy (non-hydrogen) atoms. The fraction of sp³-hybridized carbons (Fsp3) is 0.444. The maximum atomic E-state index is 12.4. The first-order chi connectivity index (χ1) is 12.4. The second kappa shape index (κ2) is 11.4. The van der Waals surface area contributed by atoms with E-state index in [1.54, 1.807) is 52.0 Å². The molecule has 0 saturated carbocycles. The highest BCUT2D eigenvalue weighted by Crippen LogP contribution is 2.47. The molecule has 1 aromatic rings. The molecule has 1 aromatic carbocycles. The summed E-state index contributed by atoms with van der Waals surface area (Å²) in [5.41, 5.74) is 6.15. The Morgan fingerprint density at radius 1 is 0.692 bits per heavy atom. The molecule has 6 nitrogen and oxygen atoms in total. The summed E-state index contributed by atoms with van der Waals surface area (Å²) >= 11 is 0. The predicted octanol–water partition coefficient (Wildman–Crippen LogP) is 4.84. The minimum atomic E-state index is -3.49. The first-order valence-electron chi connectivity index (χ1n) is 8.35. The first kappa shape index (κ1) is 22.7. The third-order valence-electron chi connectivity index (χ3n) is 2.78. The lowest BCUT2D eigenvalue weighted by atomic mass is 10.1. The van der Waals surface area contributed by atoms with Crippen molar-refractivity contribution in [3.05, 3.63) is 35.4 Å². The normalized spacial score (nSPS) is 11.2. The lowest BCUT2D eigenvalue weighted by Gasteiger charge is -2.10. The average Bonchev–Trinajstić information content (AvgIpc) is 2.60. The highest BCUT2D eigenvalue weighted by atomic mass is 31.2. The van der Waals surface area contributed by atoms with Crippen molar-refractivity contribution in [2.45, 2.75) is 27.7 Å². The van der Waals surface area contributed by atoms with Crippen molar-refractivity contribution in [2.75, 3.05) is 26.4 Å². The highest BCUT2D eigenvalue weighted by molar-refractivity contribution is 7.59. The Bertz CT molecular complexity index is 710. The SMILES string of the molecule is CCOP(=O)(C#Cc1ccccc1C#CP(=O)(OCC)OCC)OCC. The molecule has 0 unspecified atom stereocenters. The molecule has 0 amide bonds. The zero-order valence-corrected chi connectivity index (χ0v) is 17.3. The summed E-state index contributed by atoms with van der Waals surface area (Å²) in [6, 6.07) is 6.97. The molecule has 0 spiro atoms. The Labute approximate surface area is 155 Å². The maximum absolute atomic E-state index is 12.4. The van der Waals surface area contributed by atoms with Crippen LogP contribution in [0.5, 0.6) is 0 Å². The predicted molar refractivity (Wildman–Crippen MR) is 102 cm³/mol. The molecule has 0 aromatic heterocycles. The second-order valence-corrected chi connectivity index (χ2v) is 8.16. The summed E-state index contributed by atoms with van der Waals surface area (Å²) < 4.78 is 45.5. The molecule has 1 rings (SSSR count). The number of rotatable bonds is 8. The minimum Gasteiger partial charge on any atom is -0.300 e. The van der Waals surface area contributed by atoms with Crippen LogP contribution in [0.15, 0.2) is 24.3 Å². The zero-order valence-electron chi connectivity index (χ0n) is 15.5. The van der Waals surface area contributed by atoms with E-state index in [9.17, 15) is 9.13 Å². The topological polar surface area (TPSA) is 71.1 Å². The number of hydrogen-bond donors (Lipinski definition) is 0. The van der Waals surface area contributed by atoms with Gasteiger partial charge >= 0.3 is 15.2 Å². The van der Waals surface area contributed by atoms with Crippen LogP contribution in [0.3, 0.4) is 0 Å². The molecule has 8 heteroatoms. The molecule has 0 N–H and O–H groups in total. The molecule has 0 aliphatic heterocycles. The van der Waals surface area contributed by atoms with Gasteiger partial charge in [-0.05, 0) is 39.8 Å². The first-order valence-corrected chi connectivity index (χ1v) is 11.4. The van der Waals surface area contributed by atoms with E-state index in [0.717, 1.165) is 0 Å². The van der Waals surface area contributed by atoms with Crippen LogP contribution < -0.4 is 0 Å². The lowest BCUT2D eigenvalue weighted by Crippen LogP contribution is -1.94. The van der Waals surface area contributed by atoms with E-state index in [-0.39, 0.29) is 26.4 Å². The number of hydrogen-bond acceptors (Lipinski definition) is 6. The molecule has 0 saturated heterocycles. The van der Waals surface area contributed by atoms with Crippen molar-refractivity contribution >= 4 is 15.2 Å². The van der Waals surface area contributed by atoms with Crippen molar-refractivity contribution in [1.29, 1.82) is 0 Å². The summed E-state index contributed by atoms with van der Waals surface area (Å²) in [5.74, 6) is 5.57. The summed E-state index contributed by atoms with van der Waals surface area (Å²) in [6.45, 7) is 7.74. The molecule has 0 heterocycles. The van der Waals surface area contributed by atoms with Gasteiger partial charge in [-0.3, -0.25) is 18.1 Å². The van der Waals surface area contributed by atoms with Crippen LogP contribution in [-0.2, 0) is 27.2 Å². The van der Waals surface area contributed by atoms with Crippen LogP contribution in [0, 0.1) is 23.2 Å². The summed E-state index contributed by atoms with van der Waals surface area (Å²) in [6.07, 6.45) is 0. The van der Waals surface area contributed by atoms with Gasteiger partial charge in [0.15, 0.2) is 0 Å². The summed E-state index contributed by atoms with van der Waals surface area (Å²) in [7, 11) is -6.98. The Kier molecular flexibility index (Phi) is 9.92. The van der Waals surface area contributed by atoms with E-state index >= 15 is 0 Å². The third-order valence-corrected chi connectivity index (χ3v) is 5.94. The molecule has 0 aliphatic carbocycles. The Hall–Kier alpha value is -1.36. The van der Waals surface area contributed by atoms with Gasteiger partial charge in [-0.25, -0.2) is 9.13 Å². The minimum absolute atomic E-state index is 0.222. The third kappa shape index (κ3) is 7.48. The van der Waals surface area contributed by atoms with Crippen molar-refractivity contribution in [2.24, 2.45) is 0 Å². The van der Waals surface area contributed by atoms with Crippen LogP contribution >= 0.6 is 15.2 Å². The van der Waals surface area contributed by atoms with Crippen LogP contribution in [0.25, 0.3) is 0 Å². The quantitative estimate of drug-likeness (QED) is 0.461. The largest absolute Gasteiger partial charge is 0.405 e. The highest BCUT2D eigenvalue weighted by Gasteiger charge is 2.21. The van der Waals surface area contributed by atoms with Crippen LogP contribution in [0.2, 0.25) is 0 Å². The molecule has 0 bridgehead atoms. The maximum Gasteiger partial charge on any atom is 0.405 e. The molecular weight excluding hydrogens is 374 g/mol. The van der Waals surface area contributed by atoms with Crippen molar-refractivity contribution in [3.8, 4) is 23.2 Å². The standard InChI is InChI=1S/C18H24O6P2/c1-5-21-25(19,22-6-2)15-13-17-11-9-10-12-18(17)14-16-26(20,23-7-3)24-8-4/h9-12H,5-8H2,1-4H3. The second-order valence-electron chi connectivity index (χ2n) is 4.69. The van der Waals surface area contributed by atoms with Gasteiger partial charge in [0.1, 0.15) is 0 Å². The van der Waals surface area contributed by atoms with Gasteiger partial charge in [0.25, 0.3) is 0 Å². The lowest BCUT2D eigenvalue weighted by molar-refractivity contribution is 0.229. The van der Waals surface area contributed by atoms with Gasteiger partial charge < -0.3 is 0 Å². The van der Waals surface area contributed by atoms with E-state index in [1.165, 1.54) is 0 Å². The fourth-order valence-corrected chi connectivity index (χ4v) is 4.12. The summed E-state index contributed by atoms with van der Waals surface area (Å²) in [5, 5.41) is 0. The van der Waals surface area contributed by atoms with Crippen molar-refractivity contribution < 1.29 is 27.2 Å². The van der Waals surface area contributed by atoms with E-state index in [1.807, 2.05) is 0 Å².